The highest BCUT2D eigenvalue weighted by molar-refractivity contribution is 5.34. The number of hydrogen-bond donors (Lipinski definition) is 0. The van der Waals surface area contributed by atoms with Crippen LogP contribution in [0.4, 0.5) is 17.6 Å². The first-order chi connectivity index (χ1) is 13.8. The second-order valence-electron chi connectivity index (χ2n) is 7.85. The fraction of sp³-hybridized carbons (Fsp3) is 0.409. The van der Waals surface area contributed by atoms with Crippen molar-refractivity contribution in [3.05, 3.63) is 65.0 Å². The minimum atomic E-state index is -4.67. The zero-order chi connectivity index (χ0) is 20.6. The van der Waals surface area contributed by atoms with Gasteiger partial charge in [0.1, 0.15) is 17.6 Å². The molecule has 2 atom stereocenters. The summed E-state index contributed by atoms with van der Waals surface area (Å²) in [6, 6.07) is 12.7. The summed E-state index contributed by atoms with van der Waals surface area (Å²) in [6.45, 7) is 2.63. The van der Waals surface area contributed by atoms with Gasteiger partial charge >= 0.3 is 6.36 Å². The number of nitrogens with zero attached hydrogens (tertiary/aromatic N) is 2. The van der Waals surface area contributed by atoms with E-state index in [0.717, 1.165) is 37.1 Å². The normalized spacial score (nSPS) is 23.5. The summed E-state index contributed by atoms with van der Waals surface area (Å²) in [7, 11) is 0. The van der Waals surface area contributed by atoms with Crippen LogP contribution in [0.3, 0.4) is 0 Å². The Labute approximate surface area is 166 Å². The minimum absolute atomic E-state index is 0.0708. The second-order valence-corrected chi connectivity index (χ2v) is 7.85. The van der Waals surface area contributed by atoms with E-state index in [4.69, 9.17) is 5.26 Å². The largest absolute Gasteiger partial charge is 0.573 e. The fourth-order valence-electron chi connectivity index (χ4n) is 4.54. The van der Waals surface area contributed by atoms with Gasteiger partial charge < -0.3 is 4.74 Å². The van der Waals surface area contributed by atoms with Crippen LogP contribution in [0, 0.1) is 34.9 Å². The van der Waals surface area contributed by atoms with Gasteiger partial charge in [-0.15, -0.1) is 13.2 Å². The first-order valence-corrected chi connectivity index (χ1v) is 9.58. The van der Waals surface area contributed by atoms with Crippen molar-refractivity contribution < 1.29 is 22.3 Å². The first kappa shape index (κ1) is 19.7. The van der Waals surface area contributed by atoms with Gasteiger partial charge in [-0.2, -0.15) is 5.26 Å². The highest BCUT2D eigenvalue weighted by atomic mass is 19.4. The number of hydrogen-bond acceptors (Lipinski definition) is 3. The number of nitriles is 1. The molecule has 0 N–H and O–H groups in total. The van der Waals surface area contributed by atoms with Crippen molar-refractivity contribution in [1.29, 1.82) is 5.26 Å². The number of halogens is 4. The Morgan fingerprint density at radius 2 is 1.83 bits per heavy atom. The number of fused-ring (bicyclic) bond motifs is 1. The van der Waals surface area contributed by atoms with Crippen LogP contribution in [0.15, 0.2) is 42.5 Å². The van der Waals surface area contributed by atoms with Crippen molar-refractivity contribution in [1.82, 2.24) is 4.90 Å². The van der Waals surface area contributed by atoms with Crippen LogP contribution in [0.5, 0.6) is 5.75 Å². The number of ether oxygens (including phenoxy) is 1. The van der Waals surface area contributed by atoms with E-state index >= 15 is 0 Å². The molecular weight excluding hydrogens is 384 g/mol. The van der Waals surface area contributed by atoms with Crippen LogP contribution in [-0.2, 0) is 13.0 Å². The van der Waals surface area contributed by atoms with Gasteiger partial charge in [-0.1, -0.05) is 18.2 Å². The average Bonchev–Trinajstić information content (AvgIpc) is 3.11. The minimum Gasteiger partial charge on any atom is -0.406 e. The van der Waals surface area contributed by atoms with Gasteiger partial charge in [-0.25, -0.2) is 4.39 Å². The van der Waals surface area contributed by atoms with E-state index in [1.54, 1.807) is 18.2 Å². The third-order valence-corrected chi connectivity index (χ3v) is 5.90. The van der Waals surface area contributed by atoms with Crippen molar-refractivity contribution in [2.24, 2.45) is 17.8 Å². The maximum absolute atomic E-state index is 13.4. The molecule has 1 saturated carbocycles. The van der Waals surface area contributed by atoms with E-state index in [0.29, 0.717) is 24.3 Å². The van der Waals surface area contributed by atoms with Gasteiger partial charge in [0.15, 0.2) is 0 Å². The summed E-state index contributed by atoms with van der Waals surface area (Å²) in [5.74, 6) is 1.15. The van der Waals surface area contributed by atoms with E-state index in [1.807, 2.05) is 12.1 Å². The van der Waals surface area contributed by atoms with E-state index in [2.05, 4.69) is 9.64 Å². The van der Waals surface area contributed by atoms with Crippen LogP contribution in [-0.4, -0.2) is 24.4 Å². The maximum Gasteiger partial charge on any atom is 0.573 e. The van der Waals surface area contributed by atoms with Gasteiger partial charge in [0.05, 0.1) is 5.56 Å². The average molecular weight is 404 g/mol. The molecule has 2 fully saturated rings. The molecule has 2 aromatic rings. The molecule has 0 bridgehead atoms. The SMILES string of the molecule is N#Cc1cc(CN2CC3C(CCc4cccc(OC(F)(F)F)c4)C3C2)ccc1F. The quantitative estimate of drug-likeness (QED) is 0.642. The highest BCUT2D eigenvalue weighted by Gasteiger charge is 2.54. The molecule has 0 spiro atoms. The summed E-state index contributed by atoms with van der Waals surface area (Å²) in [4.78, 5) is 2.32. The third kappa shape index (κ3) is 4.70. The molecular formula is C22H20F4N2O. The van der Waals surface area contributed by atoms with Gasteiger partial charge in [0, 0.05) is 19.6 Å². The zero-order valence-electron chi connectivity index (χ0n) is 15.6. The predicted molar refractivity (Wildman–Crippen MR) is 98.3 cm³/mol. The Hall–Kier alpha value is -2.59. The van der Waals surface area contributed by atoms with Gasteiger partial charge in [-0.05, 0) is 66.0 Å². The monoisotopic (exact) mass is 404 g/mol. The summed E-state index contributed by atoms with van der Waals surface area (Å²) in [5, 5.41) is 8.95. The molecule has 0 aromatic heterocycles. The molecule has 7 heteroatoms. The number of alkyl halides is 3. The molecule has 1 aliphatic carbocycles. The van der Waals surface area contributed by atoms with Gasteiger partial charge in [-0.3, -0.25) is 4.90 Å². The Morgan fingerprint density at radius 1 is 1.07 bits per heavy atom. The van der Waals surface area contributed by atoms with E-state index in [9.17, 15) is 17.6 Å². The second kappa shape index (κ2) is 7.68. The van der Waals surface area contributed by atoms with E-state index in [1.165, 1.54) is 18.2 Å². The Balaban J connectivity index is 1.25. The van der Waals surface area contributed by atoms with Crippen LogP contribution in [0.1, 0.15) is 23.1 Å². The summed E-state index contributed by atoms with van der Waals surface area (Å²) >= 11 is 0. The molecule has 2 unspecified atom stereocenters. The molecule has 152 valence electrons. The summed E-state index contributed by atoms with van der Waals surface area (Å²) < 4.78 is 54.5. The number of benzene rings is 2. The van der Waals surface area contributed by atoms with Crippen LogP contribution in [0.25, 0.3) is 0 Å². The Bertz CT molecular complexity index is 925. The Morgan fingerprint density at radius 3 is 2.52 bits per heavy atom. The lowest BCUT2D eigenvalue weighted by Gasteiger charge is -2.19. The molecule has 1 heterocycles. The van der Waals surface area contributed by atoms with E-state index < -0.39 is 12.2 Å². The van der Waals surface area contributed by atoms with Crippen molar-refractivity contribution in [2.75, 3.05) is 13.1 Å². The van der Waals surface area contributed by atoms with Gasteiger partial charge in [0.2, 0.25) is 0 Å². The van der Waals surface area contributed by atoms with Crippen molar-refractivity contribution in [3.63, 3.8) is 0 Å². The zero-order valence-corrected chi connectivity index (χ0v) is 15.6. The topological polar surface area (TPSA) is 36.3 Å². The van der Waals surface area contributed by atoms with Crippen LogP contribution >= 0.6 is 0 Å². The molecule has 0 radical (unpaired) electrons. The maximum atomic E-state index is 13.4. The third-order valence-electron chi connectivity index (χ3n) is 5.90. The number of rotatable bonds is 6. The number of aryl methyl sites for hydroxylation is 1. The highest BCUT2D eigenvalue weighted by Crippen LogP contribution is 2.54. The Kier molecular flexibility index (Phi) is 5.22. The first-order valence-electron chi connectivity index (χ1n) is 9.58. The molecule has 0 amide bonds. The fourth-order valence-corrected chi connectivity index (χ4v) is 4.54. The predicted octanol–water partition coefficient (Wildman–Crippen LogP) is 4.91. The summed E-state index contributed by atoms with van der Waals surface area (Å²) in [6.07, 6.45) is -2.99. The lowest BCUT2D eigenvalue weighted by Crippen LogP contribution is -2.24. The van der Waals surface area contributed by atoms with Crippen molar-refractivity contribution in [2.45, 2.75) is 25.7 Å². The molecule has 1 saturated heterocycles. The molecule has 4 rings (SSSR count). The van der Waals surface area contributed by atoms with Gasteiger partial charge in [0.25, 0.3) is 0 Å². The van der Waals surface area contributed by atoms with Crippen molar-refractivity contribution >= 4 is 0 Å². The molecule has 29 heavy (non-hydrogen) atoms. The standard InChI is InChI=1S/C22H20F4N2O/c23-21-7-5-15(8-16(21)10-27)11-28-12-19-18(20(19)13-28)6-4-14-2-1-3-17(9-14)29-22(24,25)26/h1-3,5,7-9,18-20H,4,6,11-13H2. The van der Waals surface area contributed by atoms with Crippen LogP contribution < -0.4 is 4.74 Å². The van der Waals surface area contributed by atoms with E-state index in [-0.39, 0.29) is 11.3 Å². The smallest absolute Gasteiger partial charge is 0.406 e. The molecule has 3 nitrogen and oxygen atoms in total. The molecule has 2 aliphatic rings. The molecule has 2 aromatic carbocycles. The lowest BCUT2D eigenvalue weighted by atomic mass is 10.0. The lowest BCUT2D eigenvalue weighted by molar-refractivity contribution is -0.274. The summed E-state index contributed by atoms with van der Waals surface area (Å²) in [5.41, 5.74) is 1.85. The molecule has 1 aliphatic heterocycles. The van der Waals surface area contributed by atoms with Crippen molar-refractivity contribution in [3.8, 4) is 11.8 Å². The van der Waals surface area contributed by atoms with Crippen LogP contribution in [0.2, 0.25) is 0 Å². The number of piperidine rings is 1. The number of likely N-dealkylation sites (tertiary alicyclic amines) is 1.